The molecule has 1 aromatic heterocycles. The van der Waals surface area contributed by atoms with Crippen LogP contribution in [0.5, 0.6) is 11.5 Å². The van der Waals surface area contributed by atoms with Gasteiger partial charge in [0.2, 0.25) is 11.0 Å². The van der Waals surface area contributed by atoms with Gasteiger partial charge >= 0.3 is 0 Å². The molecule has 1 heterocycles. The molecule has 0 saturated carbocycles. The topological polar surface area (TPSA) is 74.5 Å². The standard InChI is InChI=1S/C17H14N2O4S/c1-21-13-8-6-11(7-9-13)16(20)24-17-19-18-15(23-17)12-4-3-5-14(10-12)22-2/h3-10H,1-2H3. The van der Waals surface area contributed by atoms with Gasteiger partial charge in [-0.3, -0.25) is 4.79 Å². The highest BCUT2D eigenvalue weighted by Crippen LogP contribution is 2.28. The largest absolute Gasteiger partial charge is 0.497 e. The Morgan fingerprint density at radius 1 is 1.00 bits per heavy atom. The first-order valence-electron chi connectivity index (χ1n) is 7.04. The highest BCUT2D eigenvalue weighted by molar-refractivity contribution is 8.14. The van der Waals surface area contributed by atoms with E-state index in [1.807, 2.05) is 18.2 Å². The summed E-state index contributed by atoms with van der Waals surface area (Å²) < 4.78 is 15.8. The first-order valence-corrected chi connectivity index (χ1v) is 7.85. The summed E-state index contributed by atoms with van der Waals surface area (Å²) in [5, 5.41) is 7.88. The minimum atomic E-state index is -0.182. The number of nitrogens with zero attached hydrogens (tertiary/aromatic N) is 2. The van der Waals surface area contributed by atoms with Crippen LogP contribution in [0, 0.1) is 0 Å². The molecule has 3 rings (SSSR count). The van der Waals surface area contributed by atoms with E-state index in [-0.39, 0.29) is 10.3 Å². The smallest absolute Gasteiger partial charge is 0.284 e. The average molecular weight is 342 g/mol. The van der Waals surface area contributed by atoms with E-state index in [4.69, 9.17) is 13.9 Å². The number of thioether (sulfide) groups is 1. The minimum Gasteiger partial charge on any atom is -0.497 e. The lowest BCUT2D eigenvalue weighted by Crippen LogP contribution is -1.93. The summed E-state index contributed by atoms with van der Waals surface area (Å²) in [6, 6.07) is 14.1. The molecule has 0 amide bonds. The number of aromatic nitrogens is 2. The molecule has 24 heavy (non-hydrogen) atoms. The van der Waals surface area contributed by atoms with Gasteiger partial charge in [-0.25, -0.2) is 0 Å². The Morgan fingerprint density at radius 3 is 2.46 bits per heavy atom. The zero-order valence-corrected chi connectivity index (χ0v) is 13.9. The number of carbonyl (C=O) groups is 1. The predicted molar refractivity (Wildman–Crippen MR) is 89.5 cm³/mol. The van der Waals surface area contributed by atoms with Gasteiger partial charge in [-0.2, -0.15) is 0 Å². The van der Waals surface area contributed by atoms with Crippen molar-refractivity contribution in [2.75, 3.05) is 14.2 Å². The van der Waals surface area contributed by atoms with Crippen LogP contribution in [0.25, 0.3) is 11.5 Å². The maximum atomic E-state index is 12.2. The van der Waals surface area contributed by atoms with Crippen LogP contribution in [-0.4, -0.2) is 29.5 Å². The van der Waals surface area contributed by atoms with Crippen LogP contribution in [0.15, 0.2) is 58.2 Å². The van der Waals surface area contributed by atoms with Crippen molar-refractivity contribution in [2.24, 2.45) is 0 Å². The molecule has 122 valence electrons. The van der Waals surface area contributed by atoms with Gasteiger partial charge in [0.15, 0.2) is 0 Å². The Bertz CT molecular complexity index is 846. The van der Waals surface area contributed by atoms with Crippen molar-refractivity contribution >= 4 is 16.9 Å². The number of methoxy groups -OCH3 is 2. The Labute approximate surface area is 142 Å². The van der Waals surface area contributed by atoms with Crippen molar-refractivity contribution < 1.29 is 18.7 Å². The first kappa shape index (κ1) is 16.1. The Kier molecular flexibility index (Phi) is 4.81. The molecule has 0 aliphatic carbocycles. The maximum Gasteiger partial charge on any atom is 0.284 e. The molecule has 0 bridgehead atoms. The number of hydrogen-bond donors (Lipinski definition) is 0. The van der Waals surface area contributed by atoms with E-state index < -0.39 is 0 Å². The summed E-state index contributed by atoms with van der Waals surface area (Å²) in [6.45, 7) is 0. The summed E-state index contributed by atoms with van der Waals surface area (Å²) >= 11 is 0.884. The fourth-order valence-corrected chi connectivity index (χ4v) is 2.60. The van der Waals surface area contributed by atoms with E-state index in [1.165, 1.54) is 0 Å². The van der Waals surface area contributed by atoms with Crippen LogP contribution in [0.4, 0.5) is 0 Å². The van der Waals surface area contributed by atoms with Crippen molar-refractivity contribution in [3.8, 4) is 23.0 Å². The molecular formula is C17H14N2O4S. The molecule has 0 fully saturated rings. The second-order valence-electron chi connectivity index (χ2n) is 4.72. The van der Waals surface area contributed by atoms with E-state index in [1.54, 1.807) is 44.6 Å². The Morgan fingerprint density at radius 2 is 1.75 bits per heavy atom. The molecule has 7 heteroatoms. The monoisotopic (exact) mass is 342 g/mol. The molecule has 0 spiro atoms. The van der Waals surface area contributed by atoms with Crippen molar-refractivity contribution in [3.63, 3.8) is 0 Å². The molecule has 0 radical (unpaired) electrons. The molecular weight excluding hydrogens is 328 g/mol. The quantitative estimate of drug-likeness (QED) is 0.655. The fourth-order valence-electron chi connectivity index (χ4n) is 1.99. The van der Waals surface area contributed by atoms with E-state index in [0.717, 1.165) is 17.3 Å². The van der Waals surface area contributed by atoms with Crippen LogP contribution in [0.3, 0.4) is 0 Å². The molecule has 0 N–H and O–H groups in total. The third-order valence-corrected chi connectivity index (χ3v) is 3.99. The molecule has 2 aromatic carbocycles. The number of carbonyl (C=O) groups excluding carboxylic acids is 1. The average Bonchev–Trinajstić information content (AvgIpc) is 3.10. The molecule has 6 nitrogen and oxygen atoms in total. The zero-order chi connectivity index (χ0) is 16.9. The van der Waals surface area contributed by atoms with Gasteiger partial charge in [-0.05, 0) is 42.5 Å². The molecule has 0 unspecified atom stereocenters. The summed E-state index contributed by atoms with van der Waals surface area (Å²) in [4.78, 5) is 12.2. The normalized spacial score (nSPS) is 10.4. The van der Waals surface area contributed by atoms with Crippen molar-refractivity contribution in [1.82, 2.24) is 10.2 Å². The summed E-state index contributed by atoms with van der Waals surface area (Å²) in [7, 11) is 3.16. The zero-order valence-electron chi connectivity index (χ0n) is 13.1. The fraction of sp³-hybridized carbons (Fsp3) is 0.118. The number of rotatable bonds is 5. The molecule has 0 aliphatic heterocycles. The van der Waals surface area contributed by atoms with E-state index in [0.29, 0.717) is 23.0 Å². The molecule has 0 atom stereocenters. The highest BCUT2D eigenvalue weighted by Gasteiger charge is 2.15. The van der Waals surface area contributed by atoms with Crippen LogP contribution in [-0.2, 0) is 0 Å². The van der Waals surface area contributed by atoms with Crippen LogP contribution in [0.1, 0.15) is 10.4 Å². The lowest BCUT2D eigenvalue weighted by molar-refractivity contribution is 0.108. The lowest BCUT2D eigenvalue weighted by Gasteiger charge is -2.01. The van der Waals surface area contributed by atoms with Crippen molar-refractivity contribution in [2.45, 2.75) is 5.22 Å². The number of hydrogen-bond acceptors (Lipinski definition) is 7. The number of ether oxygens (including phenoxy) is 2. The van der Waals surface area contributed by atoms with Crippen molar-refractivity contribution in [3.05, 3.63) is 54.1 Å². The SMILES string of the molecule is COc1ccc(C(=O)Sc2nnc(-c3cccc(OC)c3)o2)cc1. The second kappa shape index (κ2) is 7.18. The minimum absolute atomic E-state index is 0.182. The van der Waals surface area contributed by atoms with Gasteiger partial charge in [0.1, 0.15) is 11.5 Å². The first-order chi connectivity index (χ1) is 11.7. The summed E-state index contributed by atoms with van der Waals surface area (Å²) in [6.07, 6.45) is 0. The lowest BCUT2D eigenvalue weighted by atomic mass is 10.2. The number of benzene rings is 2. The summed E-state index contributed by atoms with van der Waals surface area (Å²) in [5.41, 5.74) is 1.26. The predicted octanol–water partition coefficient (Wildman–Crippen LogP) is 3.69. The van der Waals surface area contributed by atoms with Crippen LogP contribution < -0.4 is 9.47 Å². The third kappa shape index (κ3) is 3.57. The van der Waals surface area contributed by atoms with Crippen molar-refractivity contribution in [1.29, 1.82) is 0 Å². The third-order valence-electron chi connectivity index (χ3n) is 3.23. The highest BCUT2D eigenvalue weighted by atomic mass is 32.2. The summed E-state index contributed by atoms with van der Waals surface area (Å²) in [5.74, 6) is 1.71. The second-order valence-corrected chi connectivity index (χ2v) is 5.65. The van der Waals surface area contributed by atoms with Gasteiger partial charge in [-0.15, -0.1) is 10.2 Å². The van der Waals surface area contributed by atoms with Crippen LogP contribution in [0.2, 0.25) is 0 Å². The molecule has 0 saturated heterocycles. The van der Waals surface area contributed by atoms with E-state index in [2.05, 4.69) is 10.2 Å². The van der Waals surface area contributed by atoms with Gasteiger partial charge in [0.25, 0.3) is 5.22 Å². The van der Waals surface area contributed by atoms with Crippen LogP contribution >= 0.6 is 11.8 Å². The van der Waals surface area contributed by atoms with E-state index in [9.17, 15) is 4.79 Å². The Balaban J connectivity index is 1.74. The Hall–Kier alpha value is -2.80. The van der Waals surface area contributed by atoms with Gasteiger partial charge in [0, 0.05) is 22.9 Å². The maximum absolute atomic E-state index is 12.2. The van der Waals surface area contributed by atoms with Gasteiger partial charge in [-0.1, -0.05) is 6.07 Å². The van der Waals surface area contributed by atoms with Gasteiger partial charge < -0.3 is 13.9 Å². The van der Waals surface area contributed by atoms with E-state index >= 15 is 0 Å². The van der Waals surface area contributed by atoms with Gasteiger partial charge in [0.05, 0.1) is 14.2 Å². The molecule has 3 aromatic rings. The molecule has 0 aliphatic rings.